The van der Waals surface area contributed by atoms with Gasteiger partial charge in [-0.2, -0.15) is 0 Å². The molecule has 5 fully saturated rings. The molecule has 4 saturated heterocycles. The third kappa shape index (κ3) is 10.7. The van der Waals surface area contributed by atoms with Crippen molar-refractivity contribution in [3.63, 3.8) is 0 Å². The molecule has 0 bridgehead atoms. The van der Waals surface area contributed by atoms with Crippen LogP contribution in [0.3, 0.4) is 0 Å². The smallest absolute Gasteiger partial charge is 0.410 e. The molecule has 0 N–H and O–H groups in total. The average Bonchev–Trinajstić information content (AvgIpc) is 3.79. The van der Waals surface area contributed by atoms with Crippen LogP contribution in [-0.4, -0.2) is 148 Å². The molecule has 7 aliphatic rings. The van der Waals surface area contributed by atoms with Crippen LogP contribution in [0.4, 0.5) is 21.0 Å². The predicted octanol–water partition coefficient (Wildman–Crippen LogP) is 7.79. The number of ether oxygens (including phenoxy) is 4. The topological polar surface area (TPSA) is 90.5 Å². The Morgan fingerprint density at radius 1 is 0.597 bits per heavy atom. The minimum absolute atomic E-state index is 0.0653. The molecule has 1 aliphatic carbocycles. The Labute approximate surface area is 372 Å². The molecular weight excluding hydrogens is 781 g/mol. The van der Waals surface area contributed by atoms with Crippen molar-refractivity contribution >= 4 is 23.6 Å². The maximum Gasteiger partial charge on any atom is 0.410 e. The molecule has 6 heterocycles. The number of hydrogen-bond acceptors (Lipinski definition) is 10. The maximum atomic E-state index is 12.9. The first-order chi connectivity index (χ1) is 29.8. The largest absolute Gasteiger partial charge is 0.447 e. The first-order valence-electron chi connectivity index (χ1n) is 24.1. The molecule has 12 nitrogen and oxygen atoms in total. The summed E-state index contributed by atoms with van der Waals surface area (Å²) in [6, 6.07) is 15.2. The lowest BCUT2D eigenvalue weighted by Crippen LogP contribution is -2.49. The number of benzene rings is 2. The van der Waals surface area contributed by atoms with Crippen molar-refractivity contribution in [1.29, 1.82) is 0 Å². The van der Waals surface area contributed by atoms with E-state index in [1.165, 1.54) is 72.2 Å². The van der Waals surface area contributed by atoms with Crippen LogP contribution in [0.25, 0.3) is 0 Å². The van der Waals surface area contributed by atoms with Crippen molar-refractivity contribution in [2.24, 2.45) is 0 Å². The number of anilines is 2. The number of nitrogens with zero attached hydrogens (tertiary/aromatic N) is 6. The summed E-state index contributed by atoms with van der Waals surface area (Å²) in [6.07, 6.45) is 8.90. The first kappa shape index (κ1) is 45.0. The Balaban J connectivity index is 0.000000171. The Kier molecular flexibility index (Phi) is 14.3. The highest BCUT2D eigenvalue weighted by Gasteiger charge is 2.38. The summed E-state index contributed by atoms with van der Waals surface area (Å²) in [6.45, 7) is 27.6. The van der Waals surface area contributed by atoms with Gasteiger partial charge in [0.25, 0.3) is 0 Å². The Morgan fingerprint density at radius 2 is 1.02 bits per heavy atom. The molecule has 1 saturated carbocycles. The van der Waals surface area contributed by atoms with Gasteiger partial charge in [0.15, 0.2) is 0 Å². The molecule has 12 heteroatoms. The van der Waals surface area contributed by atoms with Crippen LogP contribution in [0.15, 0.2) is 36.4 Å². The summed E-state index contributed by atoms with van der Waals surface area (Å²) < 4.78 is 22.3. The van der Waals surface area contributed by atoms with Crippen molar-refractivity contribution in [1.82, 2.24) is 19.6 Å². The fourth-order valence-corrected chi connectivity index (χ4v) is 11.4. The Bertz CT molecular complexity index is 1820. The van der Waals surface area contributed by atoms with E-state index in [9.17, 15) is 9.59 Å². The minimum atomic E-state index is -0.208. The van der Waals surface area contributed by atoms with Crippen molar-refractivity contribution in [3.8, 4) is 0 Å². The molecular formula is C50H76N6O6. The van der Waals surface area contributed by atoms with Gasteiger partial charge in [0.1, 0.15) is 6.10 Å². The fraction of sp³-hybridized carbons (Fsp3) is 0.720. The van der Waals surface area contributed by atoms with Crippen molar-refractivity contribution in [2.45, 2.75) is 141 Å². The molecule has 0 aromatic heterocycles. The number of rotatable bonds is 6. The van der Waals surface area contributed by atoms with Crippen LogP contribution in [0.5, 0.6) is 0 Å². The Morgan fingerprint density at radius 3 is 1.44 bits per heavy atom. The van der Waals surface area contributed by atoms with Gasteiger partial charge in [-0.25, -0.2) is 9.59 Å². The third-order valence-corrected chi connectivity index (χ3v) is 14.7. The van der Waals surface area contributed by atoms with E-state index in [2.05, 4.69) is 83.7 Å². The first-order valence-corrected chi connectivity index (χ1v) is 24.1. The highest BCUT2D eigenvalue weighted by atomic mass is 16.6. The number of carbonyl (C=O) groups is 2. The molecule has 342 valence electrons. The van der Waals surface area contributed by atoms with Crippen molar-refractivity contribution in [3.05, 3.63) is 58.7 Å². The summed E-state index contributed by atoms with van der Waals surface area (Å²) in [5, 5.41) is 0. The molecule has 62 heavy (non-hydrogen) atoms. The zero-order chi connectivity index (χ0) is 43.4. The van der Waals surface area contributed by atoms with Crippen LogP contribution in [0.2, 0.25) is 0 Å². The third-order valence-electron chi connectivity index (χ3n) is 14.7. The SMILES string of the molecule is CC(C)OC(=O)N1Cc2cc(N3CCC(N4CCOCC4)CC3)ccc2C(C)(C)C1.CC1(C)CN(C(=O)OC2CCCC2)Cc2cc(N3CCC(N4CCOCC4)CC3)ccc21. The predicted molar refractivity (Wildman–Crippen MR) is 245 cm³/mol. The van der Waals surface area contributed by atoms with Crippen LogP contribution in [0, 0.1) is 0 Å². The van der Waals surface area contributed by atoms with Crippen LogP contribution in [-0.2, 0) is 42.9 Å². The normalized spacial score (nSPS) is 24.0. The molecule has 6 aliphatic heterocycles. The van der Waals surface area contributed by atoms with Gasteiger partial charge < -0.3 is 38.5 Å². The van der Waals surface area contributed by atoms with Gasteiger partial charge in [-0.3, -0.25) is 9.80 Å². The van der Waals surface area contributed by atoms with E-state index < -0.39 is 0 Å². The Hall–Kier alpha value is -3.58. The van der Waals surface area contributed by atoms with E-state index >= 15 is 0 Å². The molecule has 2 aromatic rings. The van der Waals surface area contributed by atoms with E-state index in [1.54, 1.807) is 0 Å². The van der Waals surface area contributed by atoms with Gasteiger partial charge in [-0.15, -0.1) is 0 Å². The summed E-state index contributed by atoms with van der Waals surface area (Å²) >= 11 is 0. The maximum absolute atomic E-state index is 12.9. The second kappa shape index (κ2) is 19.7. The molecule has 0 radical (unpaired) electrons. The standard InChI is InChI=1S/C26H39N3O3.C24H37N3O3/c1-26(2)19-29(25(30)32-23-5-3-4-6-23)18-20-17-22(7-8-24(20)26)27-11-9-21(10-12-27)28-13-15-31-16-14-28;1-18(2)30-23(28)27-16-19-15-21(5-6-22(19)24(3,4)17-27)25-9-7-20(8-10-25)26-11-13-29-14-12-26/h7-8,17,21,23H,3-6,9-16,18-19H2,1-2H3;5-6,15,18,20H,7-14,16-17H2,1-4H3. The summed E-state index contributed by atoms with van der Waals surface area (Å²) in [5.41, 5.74) is 7.68. The minimum Gasteiger partial charge on any atom is -0.447 e. The van der Waals surface area contributed by atoms with Crippen LogP contribution >= 0.6 is 0 Å². The van der Waals surface area contributed by atoms with E-state index in [1.807, 2.05) is 23.6 Å². The van der Waals surface area contributed by atoms with Gasteiger partial charge in [0.2, 0.25) is 0 Å². The highest BCUT2D eigenvalue weighted by molar-refractivity contribution is 5.70. The summed E-state index contributed by atoms with van der Waals surface area (Å²) in [5.74, 6) is 0. The van der Waals surface area contributed by atoms with Crippen molar-refractivity contribution < 1.29 is 28.5 Å². The van der Waals surface area contributed by atoms with Gasteiger partial charge in [0, 0.05) is 113 Å². The van der Waals surface area contributed by atoms with E-state index in [4.69, 9.17) is 18.9 Å². The molecule has 2 amide bonds. The number of fused-ring (bicyclic) bond motifs is 2. The van der Waals surface area contributed by atoms with Crippen LogP contribution in [0.1, 0.15) is 115 Å². The summed E-state index contributed by atoms with van der Waals surface area (Å²) in [7, 11) is 0. The lowest BCUT2D eigenvalue weighted by atomic mass is 9.78. The number of hydrogen-bond donors (Lipinski definition) is 0. The molecule has 9 rings (SSSR count). The van der Waals surface area contributed by atoms with Gasteiger partial charge in [-0.05, 0) is 112 Å². The monoisotopic (exact) mass is 857 g/mol. The second-order valence-electron chi connectivity index (χ2n) is 20.6. The van der Waals surface area contributed by atoms with E-state index in [-0.39, 0.29) is 35.2 Å². The van der Waals surface area contributed by atoms with Crippen LogP contribution < -0.4 is 9.80 Å². The lowest BCUT2D eigenvalue weighted by Gasteiger charge is -2.42. The highest BCUT2D eigenvalue weighted by Crippen LogP contribution is 2.38. The van der Waals surface area contributed by atoms with Crippen molar-refractivity contribution in [2.75, 3.05) is 102 Å². The number of morpholine rings is 2. The molecule has 0 spiro atoms. The number of amides is 2. The lowest BCUT2D eigenvalue weighted by molar-refractivity contribution is 0.0115. The zero-order valence-corrected chi connectivity index (χ0v) is 38.9. The second-order valence-corrected chi connectivity index (χ2v) is 20.6. The van der Waals surface area contributed by atoms with E-state index in [0.29, 0.717) is 31.7 Å². The van der Waals surface area contributed by atoms with E-state index in [0.717, 1.165) is 98.2 Å². The summed E-state index contributed by atoms with van der Waals surface area (Å²) in [4.78, 5) is 39.5. The quantitative estimate of drug-likeness (QED) is 0.287. The molecule has 0 atom stereocenters. The van der Waals surface area contributed by atoms with Gasteiger partial charge >= 0.3 is 12.2 Å². The molecule has 2 aromatic carbocycles. The van der Waals surface area contributed by atoms with Gasteiger partial charge in [-0.1, -0.05) is 39.8 Å². The number of piperidine rings is 2. The average molecular weight is 857 g/mol. The van der Waals surface area contributed by atoms with Gasteiger partial charge in [0.05, 0.1) is 32.5 Å². The zero-order valence-electron chi connectivity index (χ0n) is 38.9. The number of carbonyl (C=O) groups excluding carboxylic acids is 2. The molecule has 0 unspecified atom stereocenters. The fourth-order valence-electron chi connectivity index (χ4n) is 11.4.